The van der Waals surface area contributed by atoms with Gasteiger partial charge in [-0.3, -0.25) is 0 Å². The standard InChI is InChI=1S/C15H35BN3/c1-12(8-13(2,3)18)9-19-14(4,5)10-15(6,11-17)16-7/h12,19H,8-11,17-18H2,1-7H3. The van der Waals surface area contributed by atoms with E-state index < -0.39 is 0 Å². The topological polar surface area (TPSA) is 64.1 Å². The maximum absolute atomic E-state index is 6.07. The van der Waals surface area contributed by atoms with Crippen LogP contribution in [0.3, 0.4) is 0 Å². The third-order valence-corrected chi connectivity index (χ3v) is 3.81. The molecular formula is C15H35BN3. The molecule has 19 heavy (non-hydrogen) atoms. The molecule has 3 nitrogen and oxygen atoms in total. The van der Waals surface area contributed by atoms with Crippen LogP contribution in [0.15, 0.2) is 0 Å². The van der Waals surface area contributed by atoms with E-state index >= 15 is 0 Å². The van der Waals surface area contributed by atoms with Crippen molar-refractivity contribution in [1.82, 2.24) is 5.32 Å². The highest BCUT2D eigenvalue weighted by Crippen LogP contribution is 2.33. The molecule has 0 aromatic rings. The summed E-state index contributed by atoms with van der Waals surface area (Å²) < 4.78 is 0. The van der Waals surface area contributed by atoms with Gasteiger partial charge in [0, 0.05) is 11.1 Å². The first-order valence-corrected chi connectivity index (χ1v) is 7.47. The quantitative estimate of drug-likeness (QED) is 0.563. The van der Waals surface area contributed by atoms with Crippen LogP contribution < -0.4 is 16.8 Å². The predicted molar refractivity (Wildman–Crippen MR) is 87.8 cm³/mol. The Hall–Kier alpha value is -0.0551. The molecule has 0 heterocycles. The van der Waals surface area contributed by atoms with Crippen molar-refractivity contribution >= 4 is 7.28 Å². The van der Waals surface area contributed by atoms with Gasteiger partial charge in [-0.05, 0) is 64.9 Å². The number of nitrogens with two attached hydrogens (primary N) is 2. The smallest absolute Gasteiger partial charge is 0.115 e. The molecule has 0 bridgehead atoms. The number of hydrogen-bond donors (Lipinski definition) is 3. The Morgan fingerprint density at radius 3 is 2.05 bits per heavy atom. The van der Waals surface area contributed by atoms with E-state index in [2.05, 4.69) is 61.0 Å². The summed E-state index contributed by atoms with van der Waals surface area (Å²) in [4.78, 5) is 0. The molecule has 0 saturated carbocycles. The van der Waals surface area contributed by atoms with Crippen LogP contribution >= 0.6 is 0 Å². The normalized spacial score (nSPS) is 17.9. The molecule has 0 saturated heterocycles. The fourth-order valence-electron chi connectivity index (χ4n) is 2.78. The van der Waals surface area contributed by atoms with E-state index in [-0.39, 0.29) is 16.4 Å². The average molecular weight is 268 g/mol. The van der Waals surface area contributed by atoms with Crippen LogP contribution in [0, 0.1) is 5.92 Å². The fraction of sp³-hybridized carbons (Fsp3) is 1.00. The fourth-order valence-corrected chi connectivity index (χ4v) is 2.78. The minimum Gasteiger partial charge on any atom is -0.331 e. The highest BCUT2D eigenvalue weighted by molar-refractivity contribution is 6.38. The molecule has 2 atom stereocenters. The van der Waals surface area contributed by atoms with Crippen molar-refractivity contribution in [2.45, 2.75) is 77.6 Å². The highest BCUT2D eigenvalue weighted by Gasteiger charge is 2.30. The lowest BCUT2D eigenvalue weighted by Crippen LogP contribution is -2.47. The molecule has 0 fully saturated rings. The SMILES string of the molecule is C[B]C(C)(CN)CC(C)(C)NCC(C)CC(C)(C)N. The lowest BCUT2D eigenvalue weighted by molar-refractivity contribution is 0.280. The zero-order valence-corrected chi connectivity index (χ0v) is 14.1. The molecule has 0 aromatic heterocycles. The Kier molecular flexibility index (Phi) is 7.08. The molecule has 4 heteroatoms. The average Bonchev–Trinajstić information content (AvgIpc) is 2.24. The first kappa shape index (κ1) is 18.9. The summed E-state index contributed by atoms with van der Waals surface area (Å²) in [6.45, 7) is 17.0. The van der Waals surface area contributed by atoms with Crippen LogP contribution in [-0.4, -0.2) is 31.4 Å². The molecule has 5 N–H and O–H groups in total. The van der Waals surface area contributed by atoms with Gasteiger partial charge >= 0.3 is 0 Å². The molecule has 0 spiro atoms. The van der Waals surface area contributed by atoms with Crippen molar-refractivity contribution in [2.75, 3.05) is 13.1 Å². The Morgan fingerprint density at radius 2 is 1.68 bits per heavy atom. The van der Waals surface area contributed by atoms with Gasteiger partial charge in [-0.25, -0.2) is 0 Å². The summed E-state index contributed by atoms with van der Waals surface area (Å²) in [5.41, 5.74) is 12.0. The van der Waals surface area contributed by atoms with Crippen LogP contribution in [0.5, 0.6) is 0 Å². The Labute approximate surface area is 121 Å². The third-order valence-electron chi connectivity index (χ3n) is 3.81. The summed E-state index contributed by atoms with van der Waals surface area (Å²) in [5.74, 6) is 0.578. The molecular weight excluding hydrogens is 233 g/mol. The molecule has 2 unspecified atom stereocenters. The van der Waals surface area contributed by atoms with E-state index in [1.807, 2.05) is 0 Å². The summed E-state index contributed by atoms with van der Waals surface area (Å²) in [5, 5.41) is 3.78. The van der Waals surface area contributed by atoms with E-state index in [0.29, 0.717) is 12.5 Å². The van der Waals surface area contributed by atoms with Gasteiger partial charge in [-0.1, -0.05) is 20.7 Å². The molecule has 0 aliphatic rings. The van der Waals surface area contributed by atoms with E-state index in [1.165, 1.54) is 0 Å². The third kappa shape index (κ3) is 8.67. The number of hydrogen-bond acceptors (Lipinski definition) is 3. The molecule has 1 radical (unpaired) electrons. The largest absolute Gasteiger partial charge is 0.331 e. The molecule has 113 valence electrons. The predicted octanol–water partition coefficient (Wildman–Crippen LogP) is 2.40. The van der Waals surface area contributed by atoms with Crippen molar-refractivity contribution in [2.24, 2.45) is 17.4 Å². The van der Waals surface area contributed by atoms with Crippen molar-refractivity contribution < 1.29 is 0 Å². The van der Waals surface area contributed by atoms with Crippen molar-refractivity contribution in [3.63, 3.8) is 0 Å². The first-order valence-electron chi connectivity index (χ1n) is 7.47. The molecule has 0 aliphatic heterocycles. The van der Waals surface area contributed by atoms with Gasteiger partial charge in [-0.15, -0.1) is 0 Å². The Bertz CT molecular complexity index is 255. The minimum atomic E-state index is -0.0891. The van der Waals surface area contributed by atoms with Gasteiger partial charge in [0.1, 0.15) is 7.28 Å². The second-order valence-electron chi connectivity index (χ2n) is 7.89. The van der Waals surface area contributed by atoms with Crippen molar-refractivity contribution in [1.29, 1.82) is 0 Å². The van der Waals surface area contributed by atoms with E-state index in [9.17, 15) is 0 Å². The molecule has 0 aromatic carbocycles. The minimum absolute atomic E-state index is 0.0891. The van der Waals surface area contributed by atoms with E-state index in [0.717, 1.165) is 19.4 Å². The van der Waals surface area contributed by atoms with Crippen LogP contribution in [0.2, 0.25) is 12.1 Å². The van der Waals surface area contributed by atoms with Gasteiger partial charge < -0.3 is 16.8 Å². The van der Waals surface area contributed by atoms with E-state index in [1.54, 1.807) is 0 Å². The van der Waals surface area contributed by atoms with Gasteiger partial charge in [0.15, 0.2) is 0 Å². The Morgan fingerprint density at radius 1 is 1.16 bits per heavy atom. The summed E-state index contributed by atoms with van der Waals surface area (Å²) in [7, 11) is 2.23. The van der Waals surface area contributed by atoms with Crippen molar-refractivity contribution in [3.8, 4) is 0 Å². The lowest BCUT2D eigenvalue weighted by Gasteiger charge is -2.38. The molecule has 0 amide bonds. The monoisotopic (exact) mass is 268 g/mol. The van der Waals surface area contributed by atoms with Gasteiger partial charge in [0.05, 0.1) is 0 Å². The second kappa shape index (κ2) is 7.10. The zero-order chi connectivity index (χ0) is 15.3. The maximum atomic E-state index is 6.07. The molecule has 0 aliphatic carbocycles. The van der Waals surface area contributed by atoms with E-state index in [4.69, 9.17) is 11.5 Å². The maximum Gasteiger partial charge on any atom is 0.115 e. The summed E-state index contributed by atoms with van der Waals surface area (Å²) in [6, 6.07) is 0. The lowest BCUT2D eigenvalue weighted by atomic mass is 9.51. The van der Waals surface area contributed by atoms with Crippen LogP contribution in [-0.2, 0) is 0 Å². The van der Waals surface area contributed by atoms with Crippen LogP contribution in [0.25, 0.3) is 0 Å². The van der Waals surface area contributed by atoms with Gasteiger partial charge in [0.25, 0.3) is 0 Å². The number of rotatable bonds is 9. The van der Waals surface area contributed by atoms with Gasteiger partial charge in [-0.2, -0.15) is 0 Å². The number of nitrogens with one attached hydrogen (secondary N) is 1. The van der Waals surface area contributed by atoms with Crippen molar-refractivity contribution in [3.05, 3.63) is 0 Å². The summed E-state index contributed by atoms with van der Waals surface area (Å²) in [6.07, 6.45) is 2.08. The summed E-state index contributed by atoms with van der Waals surface area (Å²) >= 11 is 0. The van der Waals surface area contributed by atoms with Gasteiger partial charge in [0.2, 0.25) is 0 Å². The zero-order valence-electron chi connectivity index (χ0n) is 14.1. The molecule has 0 rings (SSSR count). The highest BCUT2D eigenvalue weighted by atomic mass is 15.0. The second-order valence-corrected chi connectivity index (χ2v) is 7.89. The Balaban J connectivity index is 4.30. The first-order chi connectivity index (χ1) is 8.43. The van der Waals surface area contributed by atoms with Crippen LogP contribution in [0.1, 0.15) is 54.4 Å². The van der Waals surface area contributed by atoms with Crippen LogP contribution in [0.4, 0.5) is 0 Å².